The summed E-state index contributed by atoms with van der Waals surface area (Å²) in [6.45, 7) is 3.65. The molecular formula is C19H27N3O. The average Bonchev–Trinajstić information content (AvgIpc) is 2.92. The van der Waals surface area contributed by atoms with Crippen molar-refractivity contribution in [2.75, 3.05) is 19.6 Å². The molecule has 2 atom stereocenters. The molecule has 1 N–H and O–H groups in total. The second kappa shape index (κ2) is 6.52. The summed E-state index contributed by atoms with van der Waals surface area (Å²) in [7, 11) is 0. The molecular weight excluding hydrogens is 286 g/mol. The van der Waals surface area contributed by atoms with Crippen LogP contribution in [-0.4, -0.2) is 34.1 Å². The van der Waals surface area contributed by atoms with Crippen LogP contribution in [-0.2, 0) is 0 Å². The van der Waals surface area contributed by atoms with Crippen LogP contribution in [0, 0.1) is 5.92 Å². The molecule has 1 aliphatic heterocycles. The first-order valence-electron chi connectivity index (χ1n) is 9.24. The Labute approximate surface area is 137 Å². The van der Waals surface area contributed by atoms with E-state index in [1.54, 1.807) is 0 Å². The minimum atomic E-state index is 0.0711. The number of H-pyrrole nitrogens is 1. The highest BCUT2D eigenvalue weighted by molar-refractivity contribution is 5.75. The lowest BCUT2D eigenvalue weighted by Gasteiger charge is -2.37. The number of nitrogens with zero attached hydrogens (tertiary/aromatic N) is 2. The Hall–Kier alpha value is -1.55. The lowest BCUT2D eigenvalue weighted by molar-refractivity contribution is 0.137. The van der Waals surface area contributed by atoms with Gasteiger partial charge in [0.05, 0.1) is 11.0 Å². The molecule has 1 aliphatic carbocycles. The van der Waals surface area contributed by atoms with E-state index in [9.17, 15) is 4.79 Å². The molecule has 0 unspecified atom stereocenters. The van der Waals surface area contributed by atoms with Crippen LogP contribution < -0.4 is 5.69 Å². The maximum absolute atomic E-state index is 12.6. The molecule has 1 saturated heterocycles. The molecule has 2 aromatic rings. The highest BCUT2D eigenvalue weighted by Gasteiger charge is 2.30. The lowest BCUT2D eigenvalue weighted by Crippen LogP contribution is -2.40. The van der Waals surface area contributed by atoms with E-state index < -0.39 is 0 Å². The Balaban J connectivity index is 1.63. The zero-order chi connectivity index (χ0) is 15.6. The smallest absolute Gasteiger partial charge is 0.306 e. The Morgan fingerprint density at radius 1 is 1.00 bits per heavy atom. The van der Waals surface area contributed by atoms with Crippen molar-refractivity contribution in [3.05, 3.63) is 34.7 Å². The molecule has 23 heavy (non-hydrogen) atoms. The van der Waals surface area contributed by atoms with Gasteiger partial charge in [-0.1, -0.05) is 31.4 Å². The first-order chi connectivity index (χ1) is 11.3. The number of benzene rings is 1. The highest BCUT2D eigenvalue weighted by Crippen LogP contribution is 2.35. The maximum Gasteiger partial charge on any atom is 0.326 e. The van der Waals surface area contributed by atoms with Crippen molar-refractivity contribution in [1.29, 1.82) is 0 Å². The van der Waals surface area contributed by atoms with E-state index in [-0.39, 0.29) is 5.69 Å². The van der Waals surface area contributed by atoms with Crippen molar-refractivity contribution in [3.63, 3.8) is 0 Å². The van der Waals surface area contributed by atoms with E-state index in [0.29, 0.717) is 12.0 Å². The number of nitrogens with one attached hydrogen (secondary N) is 1. The number of imidazole rings is 1. The Morgan fingerprint density at radius 2 is 1.78 bits per heavy atom. The zero-order valence-electron chi connectivity index (χ0n) is 13.8. The van der Waals surface area contributed by atoms with Crippen molar-refractivity contribution in [1.82, 2.24) is 14.5 Å². The number of piperidine rings is 1. The van der Waals surface area contributed by atoms with Gasteiger partial charge in [-0.25, -0.2) is 4.79 Å². The largest absolute Gasteiger partial charge is 0.326 e. The van der Waals surface area contributed by atoms with Gasteiger partial charge in [0.25, 0.3) is 0 Å². The maximum atomic E-state index is 12.6. The van der Waals surface area contributed by atoms with Crippen molar-refractivity contribution in [2.45, 2.75) is 51.0 Å². The van der Waals surface area contributed by atoms with Crippen molar-refractivity contribution in [2.24, 2.45) is 5.92 Å². The second-order valence-corrected chi connectivity index (χ2v) is 7.29. The summed E-state index contributed by atoms with van der Waals surface area (Å²) in [6, 6.07) is 8.48. The number of para-hydroxylation sites is 2. The number of fused-ring (bicyclic) bond motifs is 1. The van der Waals surface area contributed by atoms with Gasteiger partial charge in [-0.05, 0) is 56.8 Å². The Kier molecular flexibility index (Phi) is 4.25. The number of hydrogen-bond acceptors (Lipinski definition) is 2. The summed E-state index contributed by atoms with van der Waals surface area (Å²) >= 11 is 0. The number of aromatic amines is 1. The third kappa shape index (κ3) is 2.97. The summed E-state index contributed by atoms with van der Waals surface area (Å²) in [5, 5.41) is 0. The van der Waals surface area contributed by atoms with Crippen LogP contribution in [0.3, 0.4) is 0 Å². The average molecular weight is 313 g/mol. The van der Waals surface area contributed by atoms with Gasteiger partial charge in [-0.15, -0.1) is 0 Å². The van der Waals surface area contributed by atoms with Crippen LogP contribution in [0.4, 0.5) is 0 Å². The standard InChI is InChI=1S/C19H27N3O/c23-19-20-16-9-3-5-11-18(16)22(19)17-10-4-2-8-15(17)14-21-12-6-1-7-13-21/h3,5,9,11,15,17H,1-2,4,6-8,10,12-14H2,(H,20,23)/t15-,17+/m0/s1. The van der Waals surface area contributed by atoms with Crippen molar-refractivity contribution < 1.29 is 0 Å². The van der Waals surface area contributed by atoms with Gasteiger partial charge in [0, 0.05) is 12.6 Å². The first kappa shape index (κ1) is 15.0. The van der Waals surface area contributed by atoms with E-state index in [1.807, 2.05) is 18.2 Å². The molecule has 4 rings (SSSR count). The molecule has 2 heterocycles. The van der Waals surface area contributed by atoms with Gasteiger partial charge in [0.15, 0.2) is 0 Å². The SMILES string of the molecule is O=c1[nH]c2ccccc2n1[C@@H]1CCCC[C@H]1CN1CCCCC1. The van der Waals surface area contributed by atoms with Crippen molar-refractivity contribution in [3.8, 4) is 0 Å². The summed E-state index contributed by atoms with van der Waals surface area (Å²) in [4.78, 5) is 18.2. The molecule has 0 spiro atoms. The molecule has 2 fully saturated rings. The summed E-state index contributed by atoms with van der Waals surface area (Å²) in [5.41, 5.74) is 2.12. The predicted molar refractivity (Wildman–Crippen MR) is 93.8 cm³/mol. The van der Waals surface area contributed by atoms with Gasteiger partial charge in [-0.2, -0.15) is 0 Å². The van der Waals surface area contributed by atoms with Gasteiger partial charge >= 0.3 is 5.69 Å². The second-order valence-electron chi connectivity index (χ2n) is 7.29. The predicted octanol–water partition coefficient (Wildman–Crippen LogP) is 3.55. The van der Waals surface area contributed by atoms with Crippen LogP contribution >= 0.6 is 0 Å². The Bertz CT molecular complexity index is 711. The quantitative estimate of drug-likeness (QED) is 0.941. The molecule has 2 aliphatic rings. The van der Waals surface area contributed by atoms with Gasteiger partial charge in [-0.3, -0.25) is 4.57 Å². The monoisotopic (exact) mass is 313 g/mol. The fourth-order valence-electron chi connectivity index (χ4n) is 4.62. The van der Waals surface area contributed by atoms with Crippen LogP contribution in [0.1, 0.15) is 51.0 Å². The van der Waals surface area contributed by atoms with E-state index in [1.165, 1.54) is 51.6 Å². The molecule has 0 radical (unpaired) electrons. The van der Waals surface area contributed by atoms with E-state index >= 15 is 0 Å². The summed E-state index contributed by atoms with van der Waals surface area (Å²) < 4.78 is 2.06. The summed E-state index contributed by atoms with van der Waals surface area (Å²) in [6.07, 6.45) is 9.01. The van der Waals surface area contributed by atoms with E-state index in [4.69, 9.17) is 0 Å². The fraction of sp³-hybridized carbons (Fsp3) is 0.632. The zero-order valence-corrected chi connectivity index (χ0v) is 13.8. The van der Waals surface area contributed by atoms with E-state index in [0.717, 1.165) is 24.0 Å². The molecule has 0 amide bonds. The molecule has 4 heteroatoms. The molecule has 0 bridgehead atoms. The first-order valence-corrected chi connectivity index (χ1v) is 9.24. The van der Waals surface area contributed by atoms with Crippen molar-refractivity contribution >= 4 is 11.0 Å². The van der Waals surface area contributed by atoms with Crippen LogP contribution in [0.5, 0.6) is 0 Å². The summed E-state index contributed by atoms with van der Waals surface area (Å²) in [5.74, 6) is 0.610. The van der Waals surface area contributed by atoms with Gasteiger partial charge in [0.1, 0.15) is 0 Å². The topological polar surface area (TPSA) is 41.0 Å². The fourth-order valence-corrected chi connectivity index (χ4v) is 4.62. The third-order valence-corrected chi connectivity index (χ3v) is 5.77. The molecule has 1 aromatic heterocycles. The molecule has 124 valence electrons. The third-order valence-electron chi connectivity index (χ3n) is 5.77. The number of hydrogen-bond donors (Lipinski definition) is 1. The highest BCUT2D eigenvalue weighted by atomic mass is 16.1. The minimum Gasteiger partial charge on any atom is -0.306 e. The van der Waals surface area contributed by atoms with Gasteiger partial charge in [0.2, 0.25) is 0 Å². The Morgan fingerprint density at radius 3 is 2.65 bits per heavy atom. The van der Waals surface area contributed by atoms with Crippen LogP contribution in [0.2, 0.25) is 0 Å². The minimum absolute atomic E-state index is 0.0711. The molecule has 1 saturated carbocycles. The lowest BCUT2D eigenvalue weighted by atomic mass is 9.83. The van der Waals surface area contributed by atoms with Crippen LogP contribution in [0.15, 0.2) is 29.1 Å². The van der Waals surface area contributed by atoms with Gasteiger partial charge < -0.3 is 9.88 Å². The van der Waals surface area contributed by atoms with E-state index in [2.05, 4.69) is 20.5 Å². The molecule has 4 nitrogen and oxygen atoms in total. The number of aromatic nitrogens is 2. The normalized spacial score (nSPS) is 26.6. The number of rotatable bonds is 3. The van der Waals surface area contributed by atoms with Crippen LogP contribution in [0.25, 0.3) is 11.0 Å². The number of likely N-dealkylation sites (tertiary alicyclic amines) is 1. The molecule has 1 aromatic carbocycles.